The fraction of sp³-hybridized carbons (Fsp3) is 0.565. The van der Waals surface area contributed by atoms with E-state index in [-0.39, 0.29) is 0 Å². The van der Waals surface area contributed by atoms with E-state index >= 15 is 0 Å². The molecule has 1 heteroatoms. The smallest absolute Gasteiger partial charge is 0.0652 e. The first-order valence-corrected chi connectivity index (χ1v) is 12.4. The standard InChI is InChI=1S/C23H36P/c1-5-8-17-24(18-9-6-2,19-10-7-3)23-16-15-21-13-11-12-14-22(21)20(23)4/h11-16H,5-10,17-19H2,1-4H3/q+1. The highest BCUT2D eigenvalue weighted by molar-refractivity contribution is 7.83. The summed E-state index contributed by atoms with van der Waals surface area (Å²) in [5.41, 5.74) is 1.57. The molecular weight excluding hydrogens is 307 g/mol. The molecule has 0 spiro atoms. The molecule has 2 aromatic carbocycles. The Morgan fingerprint density at radius 3 is 1.79 bits per heavy atom. The van der Waals surface area contributed by atoms with Crippen LogP contribution in [0.25, 0.3) is 10.8 Å². The lowest BCUT2D eigenvalue weighted by Crippen LogP contribution is -2.23. The molecule has 0 saturated heterocycles. The molecule has 0 aliphatic rings. The van der Waals surface area contributed by atoms with E-state index in [1.165, 1.54) is 67.8 Å². The summed E-state index contributed by atoms with van der Waals surface area (Å²) in [5, 5.41) is 4.62. The fourth-order valence-electron chi connectivity index (χ4n) is 4.01. The fourth-order valence-corrected chi connectivity index (χ4v) is 9.39. The van der Waals surface area contributed by atoms with Gasteiger partial charge in [0.1, 0.15) is 0 Å². The Labute approximate surface area is 150 Å². The molecule has 0 bridgehead atoms. The third-order valence-electron chi connectivity index (χ3n) is 5.50. The van der Waals surface area contributed by atoms with Crippen LogP contribution in [0.5, 0.6) is 0 Å². The van der Waals surface area contributed by atoms with Crippen molar-refractivity contribution in [1.29, 1.82) is 0 Å². The van der Waals surface area contributed by atoms with E-state index in [0.717, 1.165) is 0 Å². The van der Waals surface area contributed by atoms with Gasteiger partial charge in [0.25, 0.3) is 0 Å². The molecule has 0 aliphatic heterocycles. The summed E-state index contributed by atoms with van der Waals surface area (Å²) in [6.07, 6.45) is 12.5. The number of rotatable bonds is 10. The molecule has 0 fully saturated rings. The van der Waals surface area contributed by atoms with Gasteiger partial charge in [-0.1, -0.05) is 70.4 Å². The van der Waals surface area contributed by atoms with Gasteiger partial charge in [0.05, 0.1) is 23.8 Å². The Bertz CT molecular complexity index is 607. The highest BCUT2D eigenvalue weighted by Crippen LogP contribution is 2.60. The van der Waals surface area contributed by atoms with Crippen LogP contribution in [0.15, 0.2) is 36.4 Å². The largest absolute Gasteiger partial charge is 0.0974 e. The minimum Gasteiger partial charge on any atom is -0.0652 e. The molecule has 2 aromatic rings. The maximum absolute atomic E-state index is 2.51. The quantitative estimate of drug-likeness (QED) is 0.400. The van der Waals surface area contributed by atoms with Gasteiger partial charge in [-0.15, -0.1) is 0 Å². The van der Waals surface area contributed by atoms with Gasteiger partial charge in [0.15, 0.2) is 0 Å². The first kappa shape index (κ1) is 19.5. The SMILES string of the molecule is CCCC[P+](CCCC)(CCCC)c1ccc2ccccc2c1C. The van der Waals surface area contributed by atoms with Crippen LogP contribution in [0.4, 0.5) is 0 Å². The van der Waals surface area contributed by atoms with E-state index < -0.39 is 7.26 Å². The van der Waals surface area contributed by atoms with Crippen LogP contribution in [0, 0.1) is 6.92 Å². The van der Waals surface area contributed by atoms with Crippen LogP contribution in [-0.4, -0.2) is 18.5 Å². The molecule has 0 nitrogen and oxygen atoms in total. The maximum Gasteiger partial charge on any atom is 0.0974 e. The Balaban J connectivity index is 2.52. The van der Waals surface area contributed by atoms with Crippen molar-refractivity contribution in [2.45, 2.75) is 66.2 Å². The first-order chi connectivity index (χ1) is 11.7. The molecular formula is C23H36P+. The summed E-state index contributed by atoms with van der Waals surface area (Å²) in [4.78, 5) is 0. The Morgan fingerprint density at radius 2 is 1.25 bits per heavy atom. The van der Waals surface area contributed by atoms with Gasteiger partial charge in [0.2, 0.25) is 0 Å². The number of fused-ring (bicyclic) bond motifs is 1. The lowest BCUT2D eigenvalue weighted by molar-refractivity contribution is 0.841. The molecule has 132 valence electrons. The third-order valence-corrected chi connectivity index (χ3v) is 10.5. The van der Waals surface area contributed by atoms with Gasteiger partial charge in [0, 0.05) is 7.26 Å². The molecule has 0 radical (unpaired) electrons. The van der Waals surface area contributed by atoms with Crippen molar-refractivity contribution in [3.8, 4) is 0 Å². The monoisotopic (exact) mass is 343 g/mol. The highest BCUT2D eigenvalue weighted by atomic mass is 31.2. The van der Waals surface area contributed by atoms with Crippen LogP contribution in [0.1, 0.15) is 64.9 Å². The second kappa shape index (κ2) is 9.57. The molecule has 0 amide bonds. The van der Waals surface area contributed by atoms with Gasteiger partial charge in [-0.25, -0.2) is 0 Å². The van der Waals surface area contributed by atoms with Crippen LogP contribution < -0.4 is 5.30 Å². The van der Waals surface area contributed by atoms with E-state index in [9.17, 15) is 0 Å². The predicted molar refractivity (Wildman–Crippen MR) is 115 cm³/mol. The summed E-state index contributed by atoms with van der Waals surface area (Å²) < 4.78 is 0. The first-order valence-electron chi connectivity index (χ1n) is 10.0. The van der Waals surface area contributed by atoms with E-state index in [1.54, 1.807) is 10.9 Å². The van der Waals surface area contributed by atoms with Crippen molar-refractivity contribution < 1.29 is 0 Å². The van der Waals surface area contributed by atoms with Crippen LogP contribution in [0.2, 0.25) is 0 Å². The molecule has 0 saturated carbocycles. The van der Waals surface area contributed by atoms with Crippen molar-refractivity contribution in [2.75, 3.05) is 18.5 Å². The summed E-state index contributed by atoms with van der Waals surface area (Å²) in [6, 6.07) is 13.8. The molecule has 2 rings (SSSR count). The minimum absolute atomic E-state index is 1.04. The second-order valence-corrected chi connectivity index (χ2v) is 11.4. The number of hydrogen-bond acceptors (Lipinski definition) is 0. The van der Waals surface area contributed by atoms with Crippen molar-refractivity contribution >= 4 is 23.3 Å². The Hall–Kier alpha value is -0.870. The number of benzene rings is 2. The van der Waals surface area contributed by atoms with Crippen molar-refractivity contribution in [1.82, 2.24) is 0 Å². The molecule has 0 atom stereocenters. The second-order valence-electron chi connectivity index (χ2n) is 7.31. The predicted octanol–water partition coefficient (Wildman–Crippen LogP) is 7.19. The van der Waals surface area contributed by atoms with E-state index in [4.69, 9.17) is 0 Å². The Morgan fingerprint density at radius 1 is 0.708 bits per heavy atom. The lowest BCUT2D eigenvalue weighted by Gasteiger charge is -2.29. The van der Waals surface area contributed by atoms with Gasteiger partial charge in [-0.2, -0.15) is 0 Å². The molecule has 24 heavy (non-hydrogen) atoms. The summed E-state index contributed by atoms with van der Waals surface area (Å²) in [7, 11) is -1.04. The summed E-state index contributed by atoms with van der Waals surface area (Å²) in [6.45, 7) is 9.43. The average Bonchev–Trinajstić information content (AvgIpc) is 2.62. The van der Waals surface area contributed by atoms with E-state index in [0.29, 0.717) is 0 Å². The molecule has 0 N–H and O–H groups in total. The molecule has 0 aromatic heterocycles. The van der Waals surface area contributed by atoms with Gasteiger partial charge in [-0.05, 0) is 48.6 Å². The van der Waals surface area contributed by atoms with E-state index in [2.05, 4.69) is 64.1 Å². The molecule has 0 aliphatic carbocycles. The van der Waals surface area contributed by atoms with Crippen LogP contribution >= 0.6 is 7.26 Å². The van der Waals surface area contributed by atoms with E-state index in [1.807, 2.05) is 0 Å². The van der Waals surface area contributed by atoms with Crippen LogP contribution in [-0.2, 0) is 0 Å². The Kier molecular flexibility index (Phi) is 7.76. The van der Waals surface area contributed by atoms with Gasteiger partial charge < -0.3 is 0 Å². The molecule has 0 unspecified atom stereocenters. The van der Waals surface area contributed by atoms with Crippen LogP contribution in [0.3, 0.4) is 0 Å². The average molecular weight is 344 g/mol. The number of hydrogen-bond donors (Lipinski definition) is 0. The summed E-state index contributed by atoms with van der Waals surface area (Å²) >= 11 is 0. The normalized spacial score (nSPS) is 12.0. The maximum atomic E-state index is 2.51. The third kappa shape index (κ3) is 4.40. The zero-order chi connectivity index (χ0) is 17.4. The lowest BCUT2D eigenvalue weighted by atomic mass is 10.1. The van der Waals surface area contributed by atoms with Gasteiger partial charge in [-0.3, -0.25) is 0 Å². The van der Waals surface area contributed by atoms with Gasteiger partial charge >= 0.3 is 0 Å². The topological polar surface area (TPSA) is 0 Å². The number of aryl methyl sites for hydroxylation is 1. The zero-order valence-electron chi connectivity index (χ0n) is 16.3. The number of unbranched alkanes of at least 4 members (excludes halogenated alkanes) is 3. The molecule has 0 heterocycles. The van der Waals surface area contributed by atoms with Crippen molar-refractivity contribution in [3.05, 3.63) is 42.0 Å². The highest BCUT2D eigenvalue weighted by Gasteiger charge is 2.39. The van der Waals surface area contributed by atoms with Crippen molar-refractivity contribution in [2.24, 2.45) is 0 Å². The summed E-state index contributed by atoms with van der Waals surface area (Å²) in [5.74, 6) is 0. The van der Waals surface area contributed by atoms with Crippen molar-refractivity contribution in [3.63, 3.8) is 0 Å². The minimum atomic E-state index is -1.04. The zero-order valence-corrected chi connectivity index (χ0v) is 17.2.